The summed E-state index contributed by atoms with van der Waals surface area (Å²) >= 11 is 0. The van der Waals surface area contributed by atoms with E-state index in [-0.39, 0.29) is 11.4 Å². The Labute approximate surface area is 112 Å². The van der Waals surface area contributed by atoms with Crippen LogP contribution in [0.25, 0.3) is 0 Å². The van der Waals surface area contributed by atoms with Gasteiger partial charge in [0.2, 0.25) is 0 Å². The summed E-state index contributed by atoms with van der Waals surface area (Å²) in [5.74, 6) is 0.891. The Morgan fingerprint density at radius 3 is 2.95 bits per heavy atom. The van der Waals surface area contributed by atoms with Crippen LogP contribution in [0.1, 0.15) is 19.3 Å². The van der Waals surface area contributed by atoms with Crippen LogP contribution in [0.2, 0.25) is 0 Å². The predicted molar refractivity (Wildman–Crippen MR) is 74.6 cm³/mol. The highest BCUT2D eigenvalue weighted by atomic mass is 16.6. The van der Waals surface area contributed by atoms with E-state index < -0.39 is 4.92 Å². The second-order valence-electron chi connectivity index (χ2n) is 4.68. The van der Waals surface area contributed by atoms with Crippen LogP contribution in [0.4, 0.5) is 11.4 Å². The van der Waals surface area contributed by atoms with Crippen molar-refractivity contribution < 1.29 is 9.66 Å². The average Bonchev–Trinajstić information content (AvgIpc) is 2.46. The van der Waals surface area contributed by atoms with Crippen LogP contribution in [0, 0.1) is 16.0 Å². The van der Waals surface area contributed by atoms with Crippen molar-refractivity contribution >= 4 is 11.4 Å². The first-order valence-electron chi connectivity index (χ1n) is 6.42. The molecule has 1 aromatic carbocycles. The first-order chi connectivity index (χ1) is 9.20. The van der Waals surface area contributed by atoms with E-state index in [0.29, 0.717) is 5.92 Å². The largest absolute Gasteiger partial charge is 0.490 e. The molecule has 2 rings (SSSR count). The fourth-order valence-electron chi connectivity index (χ4n) is 2.25. The van der Waals surface area contributed by atoms with Crippen LogP contribution in [0.5, 0.6) is 5.75 Å². The molecule has 0 amide bonds. The minimum atomic E-state index is -0.423. The van der Waals surface area contributed by atoms with Gasteiger partial charge in [0.15, 0.2) is 5.75 Å². The zero-order chi connectivity index (χ0) is 13.7. The van der Waals surface area contributed by atoms with Gasteiger partial charge in [0.1, 0.15) is 0 Å². The minimum absolute atomic E-state index is 0.00367. The third kappa shape index (κ3) is 3.47. The van der Waals surface area contributed by atoms with Gasteiger partial charge in [-0.3, -0.25) is 10.1 Å². The summed E-state index contributed by atoms with van der Waals surface area (Å²) in [7, 11) is 1.43. The summed E-state index contributed by atoms with van der Waals surface area (Å²) in [5.41, 5.74) is 0.762. The Morgan fingerprint density at radius 2 is 2.32 bits per heavy atom. The van der Waals surface area contributed by atoms with Crippen LogP contribution in [-0.2, 0) is 0 Å². The number of nitrogens with one attached hydrogen (secondary N) is 1. The highest BCUT2D eigenvalue weighted by molar-refractivity contribution is 5.58. The van der Waals surface area contributed by atoms with E-state index in [9.17, 15) is 10.1 Å². The van der Waals surface area contributed by atoms with E-state index in [1.807, 2.05) is 6.07 Å². The monoisotopic (exact) mass is 262 g/mol. The maximum absolute atomic E-state index is 10.9. The van der Waals surface area contributed by atoms with Crippen LogP contribution >= 0.6 is 0 Å². The molecule has 1 aliphatic carbocycles. The predicted octanol–water partition coefficient (Wildman–Crippen LogP) is 3.37. The molecule has 5 nitrogen and oxygen atoms in total. The van der Waals surface area contributed by atoms with Gasteiger partial charge in [0.05, 0.1) is 12.0 Å². The van der Waals surface area contributed by atoms with E-state index in [1.54, 1.807) is 6.07 Å². The van der Waals surface area contributed by atoms with Gasteiger partial charge in [-0.15, -0.1) is 0 Å². The van der Waals surface area contributed by atoms with E-state index in [0.717, 1.165) is 25.1 Å². The summed E-state index contributed by atoms with van der Waals surface area (Å²) in [4.78, 5) is 10.5. The van der Waals surface area contributed by atoms with Gasteiger partial charge < -0.3 is 10.1 Å². The molecule has 1 unspecified atom stereocenters. The van der Waals surface area contributed by atoms with Gasteiger partial charge in [-0.25, -0.2) is 0 Å². The molecule has 0 bridgehead atoms. The number of nitro groups is 1. The fraction of sp³-hybridized carbons (Fsp3) is 0.429. The molecule has 0 heterocycles. The number of nitro benzene ring substituents is 1. The van der Waals surface area contributed by atoms with Crippen molar-refractivity contribution in [1.29, 1.82) is 0 Å². The highest BCUT2D eigenvalue weighted by Crippen LogP contribution is 2.30. The second kappa shape index (κ2) is 6.22. The Balaban J connectivity index is 2.02. The van der Waals surface area contributed by atoms with Crippen LogP contribution in [-0.4, -0.2) is 18.6 Å². The third-order valence-corrected chi connectivity index (χ3v) is 3.35. The molecular weight excluding hydrogens is 244 g/mol. The summed E-state index contributed by atoms with van der Waals surface area (Å²) in [6.45, 7) is 0.841. The zero-order valence-corrected chi connectivity index (χ0v) is 11.0. The molecule has 1 aromatic rings. The van der Waals surface area contributed by atoms with Gasteiger partial charge >= 0.3 is 5.69 Å². The SMILES string of the molecule is COc1ccc(NCC2CC=CCC2)cc1[N+](=O)[O-]. The molecule has 1 atom stereocenters. The second-order valence-corrected chi connectivity index (χ2v) is 4.68. The van der Waals surface area contributed by atoms with Gasteiger partial charge in [-0.2, -0.15) is 0 Å². The molecule has 0 aromatic heterocycles. The lowest BCUT2D eigenvalue weighted by molar-refractivity contribution is -0.385. The quantitative estimate of drug-likeness (QED) is 0.502. The number of allylic oxidation sites excluding steroid dienone is 2. The zero-order valence-electron chi connectivity index (χ0n) is 11.0. The Kier molecular flexibility index (Phi) is 4.39. The fourth-order valence-corrected chi connectivity index (χ4v) is 2.25. The molecule has 5 heteroatoms. The van der Waals surface area contributed by atoms with Crippen LogP contribution in [0.15, 0.2) is 30.4 Å². The number of methoxy groups -OCH3 is 1. The van der Waals surface area contributed by atoms with E-state index >= 15 is 0 Å². The molecule has 0 saturated heterocycles. The van der Waals surface area contributed by atoms with Gasteiger partial charge in [0.25, 0.3) is 0 Å². The Morgan fingerprint density at radius 1 is 1.47 bits per heavy atom. The van der Waals surface area contributed by atoms with Crippen molar-refractivity contribution in [1.82, 2.24) is 0 Å². The average molecular weight is 262 g/mol. The standard InChI is InChI=1S/C14H18N2O3/c1-19-14-8-7-12(9-13(14)16(17)18)15-10-11-5-3-2-4-6-11/h2-3,7-9,11,15H,4-6,10H2,1H3. The molecule has 1 N–H and O–H groups in total. The minimum Gasteiger partial charge on any atom is -0.490 e. The van der Waals surface area contributed by atoms with Crippen molar-refractivity contribution in [3.63, 3.8) is 0 Å². The number of hydrogen-bond acceptors (Lipinski definition) is 4. The lowest BCUT2D eigenvalue weighted by atomic mass is 9.94. The number of hydrogen-bond donors (Lipinski definition) is 1. The van der Waals surface area contributed by atoms with E-state index in [4.69, 9.17) is 4.74 Å². The molecule has 0 spiro atoms. The van der Waals surface area contributed by atoms with E-state index in [1.165, 1.54) is 19.6 Å². The van der Waals surface area contributed by atoms with Crippen molar-refractivity contribution in [2.45, 2.75) is 19.3 Å². The summed E-state index contributed by atoms with van der Waals surface area (Å²) in [6.07, 6.45) is 7.77. The highest BCUT2D eigenvalue weighted by Gasteiger charge is 2.16. The molecular formula is C14H18N2O3. The summed E-state index contributed by atoms with van der Waals surface area (Å²) < 4.78 is 4.98. The van der Waals surface area contributed by atoms with Gasteiger partial charge in [0, 0.05) is 18.3 Å². The molecule has 19 heavy (non-hydrogen) atoms. The lowest BCUT2D eigenvalue weighted by Crippen LogP contribution is -2.15. The Hall–Kier alpha value is -2.04. The normalized spacial score (nSPS) is 18.1. The maximum Gasteiger partial charge on any atom is 0.312 e. The summed E-state index contributed by atoms with van der Waals surface area (Å²) in [5, 5.41) is 14.2. The molecule has 0 aliphatic heterocycles. The number of anilines is 1. The summed E-state index contributed by atoms with van der Waals surface area (Å²) in [6, 6.07) is 4.96. The molecule has 0 saturated carbocycles. The third-order valence-electron chi connectivity index (χ3n) is 3.35. The first-order valence-corrected chi connectivity index (χ1v) is 6.42. The van der Waals surface area contributed by atoms with Gasteiger partial charge in [-0.1, -0.05) is 12.2 Å². The number of rotatable bonds is 5. The van der Waals surface area contributed by atoms with Crippen molar-refractivity contribution in [3.8, 4) is 5.75 Å². The van der Waals surface area contributed by atoms with Crippen molar-refractivity contribution in [2.24, 2.45) is 5.92 Å². The molecule has 0 radical (unpaired) electrons. The topological polar surface area (TPSA) is 64.4 Å². The lowest BCUT2D eigenvalue weighted by Gasteiger charge is -2.18. The first kappa shape index (κ1) is 13.4. The van der Waals surface area contributed by atoms with Crippen LogP contribution in [0.3, 0.4) is 0 Å². The smallest absolute Gasteiger partial charge is 0.312 e. The van der Waals surface area contributed by atoms with Crippen molar-refractivity contribution in [3.05, 3.63) is 40.5 Å². The maximum atomic E-state index is 10.9. The Bertz CT molecular complexity index is 486. The molecule has 102 valence electrons. The van der Waals surface area contributed by atoms with Crippen LogP contribution < -0.4 is 10.1 Å². The molecule has 1 aliphatic rings. The van der Waals surface area contributed by atoms with Gasteiger partial charge in [-0.05, 0) is 37.3 Å². The van der Waals surface area contributed by atoms with E-state index in [2.05, 4.69) is 17.5 Å². The van der Waals surface area contributed by atoms with Crippen molar-refractivity contribution in [2.75, 3.05) is 19.0 Å². The number of nitrogens with zero attached hydrogens (tertiary/aromatic N) is 1. The molecule has 0 fully saturated rings. The number of ether oxygens (including phenoxy) is 1. The number of benzene rings is 1.